The van der Waals surface area contributed by atoms with Crippen molar-refractivity contribution in [3.8, 4) is 11.6 Å². The Bertz CT molecular complexity index is 1520. The maximum Gasteiger partial charge on any atom is 0.328 e. The van der Waals surface area contributed by atoms with Gasteiger partial charge in [-0.2, -0.15) is 0 Å². The molecule has 1 aromatic heterocycles. The summed E-state index contributed by atoms with van der Waals surface area (Å²) in [5.41, 5.74) is 0.314. The quantitative estimate of drug-likeness (QED) is 0.188. The highest BCUT2D eigenvalue weighted by atomic mass is 19.1. The largest absolute Gasteiger partial charge is 0.478 e. The molecule has 2 aliphatic heterocycles. The molecule has 1 spiro atoms. The van der Waals surface area contributed by atoms with Crippen molar-refractivity contribution in [3.63, 3.8) is 0 Å². The van der Waals surface area contributed by atoms with Crippen molar-refractivity contribution in [1.82, 2.24) is 29.9 Å². The number of carboxylic acids is 2. The Labute approximate surface area is 311 Å². The number of benzene rings is 1. The maximum atomic E-state index is 14.3. The fraction of sp³-hybridized carbons (Fsp3) is 0.622. The number of likely N-dealkylation sites (N-methyl/N-ethyl adjacent to an activating group) is 1. The number of aromatic nitrogens is 3. The average molecular weight is 746 g/mol. The van der Waals surface area contributed by atoms with Gasteiger partial charge in [0, 0.05) is 69.5 Å². The molecule has 3 N–H and O–H groups in total. The number of aliphatic hydroxyl groups is 1. The zero-order chi connectivity index (χ0) is 39.3. The summed E-state index contributed by atoms with van der Waals surface area (Å²) in [6.07, 6.45) is 5.73. The Hall–Kier alpha value is -4.25. The monoisotopic (exact) mass is 745 g/mol. The van der Waals surface area contributed by atoms with E-state index in [1.165, 1.54) is 24.5 Å². The van der Waals surface area contributed by atoms with E-state index in [1.807, 2.05) is 20.8 Å². The van der Waals surface area contributed by atoms with Crippen LogP contribution in [-0.2, 0) is 14.3 Å². The molecule has 53 heavy (non-hydrogen) atoms. The van der Waals surface area contributed by atoms with Crippen LogP contribution in [0, 0.1) is 17.2 Å². The van der Waals surface area contributed by atoms with E-state index in [-0.39, 0.29) is 47.2 Å². The molecule has 3 heterocycles. The second-order valence-electron chi connectivity index (χ2n) is 14.3. The van der Waals surface area contributed by atoms with Crippen LogP contribution in [0.3, 0.4) is 0 Å². The Morgan fingerprint density at radius 2 is 1.77 bits per heavy atom. The molecule has 1 aromatic carbocycles. The fourth-order valence-electron chi connectivity index (χ4n) is 7.05. The molecule has 4 rings (SSSR count). The van der Waals surface area contributed by atoms with E-state index in [0.29, 0.717) is 43.1 Å². The van der Waals surface area contributed by atoms with Crippen molar-refractivity contribution in [2.24, 2.45) is 11.3 Å². The Kier molecular flexibility index (Phi) is 16.5. The number of carbonyl (C=O) groups excluding carboxylic acids is 1. The number of rotatable bonds is 18. The summed E-state index contributed by atoms with van der Waals surface area (Å²) in [6.45, 7) is 16.1. The predicted octanol–water partition coefficient (Wildman–Crippen LogP) is 3.64. The van der Waals surface area contributed by atoms with Crippen LogP contribution < -0.4 is 9.64 Å². The van der Waals surface area contributed by atoms with E-state index in [4.69, 9.17) is 19.7 Å². The summed E-state index contributed by atoms with van der Waals surface area (Å²) >= 11 is 0. The van der Waals surface area contributed by atoms with Crippen LogP contribution in [0.2, 0.25) is 0 Å². The SMILES string of the molecule is CCN(C(=O)c1cc(F)ccc1Oc1nncnc1N1CCC2(C1)CN([C@H](CCCN(C)[C@H](CO)COC)C(C)C)C2)C(C)C.O=C(O)/C=C/C(=O)O. The molecule has 2 saturated heterocycles. The van der Waals surface area contributed by atoms with Gasteiger partial charge in [-0.15, -0.1) is 10.2 Å². The molecule has 2 fully saturated rings. The zero-order valence-electron chi connectivity index (χ0n) is 31.9. The molecule has 16 heteroatoms. The lowest BCUT2D eigenvalue weighted by Gasteiger charge is -2.53. The first-order valence-corrected chi connectivity index (χ1v) is 18.0. The number of likely N-dealkylation sites (tertiary alicyclic amines) is 1. The Morgan fingerprint density at radius 1 is 1.09 bits per heavy atom. The van der Waals surface area contributed by atoms with Gasteiger partial charge in [0.1, 0.15) is 17.9 Å². The summed E-state index contributed by atoms with van der Waals surface area (Å²) in [7, 11) is 3.72. The molecular formula is C37H56FN7O8. The minimum Gasteiger partial charge on any atom is -0.478 e. The van der Waals surface area contributed by atoms with E-state index >= 15 is 0 Å². The third kappa shape index (κ3) is 12.1. The molecule has 294 valence electrons. The molecule has 0 unspecified atom stereocenters. The molecule has 1 amide bonds. The summed E-state index contributed by atoms with van der Waals surface area (Å²) in [4.78, 5) is 45.7. The van der Waals surface area contributed by atoms with Gasteiger partial charge in [-0.05, 0) is 77.7 Å². The number of ether oxygens (including phenoxy) is 2. The minimum absolute atomic E-state index is 0.0237. The average Bonchev–Trinajstić information content (AvgIpc) is 3.54. The number of halogens is 1. The lowest BCUT2D eigenvalue weighted by atomic mass is 9.76. The number of hydrogen-bond donors (Lipinski definition) is 3. The van der Waals surface area contributed by atoms with Gasteiger partial charge in [0.15, 0.2) is 5.82 Å². The standard InChI is InChI=1S/C33H52FN7O4.C4H4O4/c1-8-41(24(4)5)32(43)27-16-25(34)11-12-29(27)45-31-30(35-22-36-37-31)39-15-13-33(19-39)20-40(21-33)28(23(2)3)10-9-14-38(6)26(17-42)18-44-7;5-3(6)1-2-4(7)8/h11-12,16,22-24,26,28,42H,8-10,13-15,17-21H2,1-7H3;1-2H,(H,5,6)(H,7,8)/b;2-1+/t26-,28-;/m1./s1. The van der Waals surface area contributed by atoms with Crippen LogP contribution >= 0.6 is 0 Å². The van der Waals surface area contributed by atoms with Crippen LogP contribution in [0.25, 0.3) is 0 Å². The van der Waals surface area contributed by atoms with Gasteiger partial charge in [0.05, 0.1) is 24.8 Å². The molecule has 0 aliphatic carbocycles. The molecule has 15 nitrogen and oxygen atoms in total. The highest BCUT2D eigenvalue weighted by molar-refractivity contribution is 5.97. The van der Waals surface area contributed by atoms with Crippen molar-refractivity contribution in [2.75, 3.05) is 71.5 Å². The predicted molar refractivity (Wildman–Crippen MR) is 197 cm³/mol. The second-order valence-corrected chi connectivity index (χ2v) is 14.3. The van der Waals surface area contributed by atoms with Gasteiger partial charge in [-0.1, -0.05) is 13.8 Å². The topological polar surface area (TPSA) is 182 Å². The number of anilines is 1. The number of amides is 1. The Balaban J connectivity index is 0.000000846. The first kappa shape index (κ1) is 43.2. The number of carbonyl (C=O) groups is 3. The summed E-state index contributed by atoms with van der Waals surface area (Å²) in [5.74, 6) is -1.77. The number of carboxylic acid groups (broad SMARTS) is 2. The van der Waals surface area contributed by atoms with E-state index in [0.717, 1.165) is 52.0 Å². The van der Waals surface area contributed by atoms with E-state index < -0.39 is 17.8 Å². The smallest absolute Gasteiger partial charge is 0.328 e. The van der Waals surface area contributed by atoms with Gasteiger partial charge in [0.2, 0.25) is 0 Å². The minimum atomic E-state index is -1.26. The van der Waals surface area contributed by atoms with Crippen LogP contribution in [0.4, 0.5) is 10.2 Å². The van der Waals surface area contributed by atoms with Crippen LogP contribution in [0.5, 0.6) is 11.6 Å². The molecule has 2 aliphatic rings. The lowest BCUT2D eigenvalue weighted by Crippen LogP contribution is -2.62. The second kappa shape index (κ2) is 20.3. The third-order valence-electron chi connectivity index (χ3n) is 9.80. The van der Waals surface area contributed by atoms with Gasteiger partial charge in [-0.3, -0.25) is 14.6 Å². The van der Waals surface area contributed by atoms with Crippen molar-refractivity contribution in [1.29, 1.82) is 0 Å². The van der Waals surface area contributed by atoms with Crippen LogP contribution in [0.1, 0.15) is 64.2 Å². The highest BCUT2D eigenvalue weighted by Crippen LogP contribution is 2.44. The molecule has 0 bridgehead atoms. The van der Waals surface area contributed by atoms with E-state index in [1.54, 1.807) is 12.0 Å². The van der Waals surface area contributed by atoms with Crippen molar-refractivity contribution in [2.45, 2.75) is 72.0 Å². The van der Waals surface area contributed by atoms with E-state index in [9.17, 15) is 23.9 Å². The number of aliphatic hydroxyl groups excluding tert-OH is 1. The zero-order valence-corrected chi connectivity index (χ0v) is 31.9. The summed E-state index contributed by atoms with van der Waals surface area (Å²) < 4.78 is 25.7. The fourth-order valence-corrected chi connectivity index (χ4v) is 7.05. The van der Waals surface area contributed by atoms with Gasteiger partial charge in [0.25, 0.3) is 11.8 Å². The van der Waals surface area contributed by atoms with Crippen molar-refractivity contribution in [3.05, 3.63) is 48.1 Å². The summed E-state index contributed by atoms with van der Waals surface area (Å²) in [5, 5.41) is 33.5. The third-order valence-corrected chi connectivity index (χ3v) is 9.80. The maximum absolute atomic E-state index is 14.3. The van der Waals surface area contributed by atoms with Gasteiger partial charge >= 0.3 is 11.9 Å². The molecule has 0 radical (unpaired) electrons. The molecule has 2 aromatic rings. The summed E-state index contributed by atoms with van der Waals surface area (Å²) in [6, 6.07) is 4.43. The number of methoxy groups -OCH3 is 1. The van der Waals surface area contributed by atoms with Gasteiger partial charge < -0.3 is 34.6 Å². The molecule has 0 saturated carbocycles. The molecule has 2 atom stereocenters. The van der Waals surface area contributed by atoms with Crippen molar-refractivity contribution >= 4 is 23.7 Å². The van der Waals surface area contributed by atoms with Gasteiger partial charge in [-0.25, -0.2) is 19.0 Å². The Morgan fingerprint density at radius 3 is 2.34 bits per heavy atom. The number of hydrogen-bond acceptors (Lipinski definition) is 12. The normalized spacial score (nSPS) is 16.5. The molecular weight excluding hydrogens is 689 g/mol. The number of aliphatic carboxylic acids is 2. The van der Waals surface area contributed by atoms with E-state index in [2.05, 4.69) is 50.8 Å². The lowest BCUT2D eigenvalue weighted by molar-refractivity contribution is -0.134. The highest BCUT2D eigenvalue weighted by Gasteiger charge is 2.50. The first-order valence-electron chi connectivity index (χ1n) is 18.0. The van der Waals surface area contributed by atoms with Crippen LogP contribution in [-0.4, -0.2) is 148 Å². The number of nitrogens with zero attached hydrogens (tertiary/aromatic N) is 7. The van der Waals surface area contributed by atoms with Crippen LogP contribution in [0.15, 0.2) is 36.7 Å². The van der Waals surface area contributed by atoms with Crippen molar-refractivity contribution < 1.29 is 43.6 Å². The first-order chi connectivity index (χ1) is 25.1.